The summed E-state index contributed by atoms with van der Waals surface area (Å²) in [4.78, 5) is 13.5. The molecular formula is C10H15BrClN3O3S2. The second-order valence-corrected chi connectivity index (χ2v) is 8.47. The van der Waals surface area contributed by atoms with Crippen molar-refractivity contribution in [1.82, 2.24) is 14.9 Å². The minimum atomic E-state index is -3.60. The number of nitrogens with one attached hydrogen (secondary N) is 2. The standard InChI is InChI=1S/C10H14BrN3O3S2.ClH/c11-8-1-2-10(18-8)19(16,17)13-7-9(15)14-5-3-12-4-6-14;/h1-2,12-13H,3-7H2;1H. The lowest BCUT2D eigenvalue weighted by Crippen LogP contribution is -2.49. The lowest BCUT2D eigenvalue weighted by Gasteiger charge is -2.27. The highest BCUT2D eigenvalue weighted by Crippen LogP contribution is 2.25. The number of thiophene rings is 1. The summed E-state index contributed by atoms with van der Waals surface area (Å²) < 4.78 is 27.1. The van der Waals surface area contributed by atoms with Gasteiger partial charge in [-0.05, 0) is 28.1 Å². The van der Waals surface area contributed by atoms with Crippen LogP contribution >= 0.6 is 39.7 Å². The molecule has 0 spiro atoms. The highest BCUT2D eigenvalue weighted by atomic mass is 79.9. The van der Waals surface area contributed by atoms with Gasteiger partial charge >= 0.3 is 0 Å². The summed E-state index contributed by atoms with van der Waals surface area (Å²) in [7, 11) is -3.60. The molecule has 1 aromatic heterocycles. The molecule has 0 atom stereocenters. The van der Waals surface area contributed by atoms with E-state index in [1.807, 2.05) is 0 Å². The summed E-state index contributed by atoms with van der Waals surface area (Å²) in [5.74, 6) is -0.194. The first-order valence-electron chi connectivity index (χ1n) is 5.72. The molecule has 20 heavy (non-hydrogen) atoms. The Kier molecular flexibility index (Phi) is 6.89. The molecule has 0 unspecified atom stereocenters. The summed E-state index contributed by atoms with van der Waals surface area (Å²) in [6.45, 7) is 2.53. The highest BCUT2D eigenvalue weighted by molar-refractivity contribution is 9.11. The van der Waals surface area contributed by atoms with Crippen molar-refractivity contribution in [3.8, 4) is 0 Å². The van der Waals surface area contributed by atoms with Crippen molar-refractivity contribution in [3.63, 3.8) is 0 Å². The van der Waals surface area contributed by atoms with Crippen molar-refractivity contribution < 1.29 is 13.2 Å². The number of sulfonamides is 1. The van der Waals surface area contributed by atoms with E-state index < -0.39 is 10.0 Å². The Hall–Kier alpha value is -0.190. The number of nitrogens with zero attached hydrogens (tertiary/aromatic N) is 1. The predicted molar refractivity (Wildman–Crippen MR) is 83.9 cm³/mol. The van der Waals surface area contributed by atoms with E-state index >= 15 is 0 Å². The molecule has 1 aliphatic rings. The monoisotopic (exact) mass is 403 g/mol. The van der Waals surface area contributed by atoms with Gasteiger partial charge in [-0.15, -0.1) is 23.7 Å². The summed E-state index contributed by atoms with van der Waals surface area (Å²) >= 11 is 4.32. The molecule has 0 saturated carbocycles. The Bertz CT molecular complexity index is 558. The zero-order valence-electron chi connectivity index (χ0n) is 10.5. The first-order valence-corrected chi connectivity index (χ1v) is 8.82. The molecular weight excluding hydrogens is 390 g/mol. The summed E-state index contributed by atoms with van der Waals surface area (Å²) in [6.07, 6.45) is 0. The molecule has 1 aliphatic heterocycles. The van der Waals surface area contributed by atoms with Gasteiger partial charge in [0.05, 0.1) is 10.3 Å². The zero-order chi connectivity index (χ0) is 13.9. The third kappa shape index (κ3) is 4.68. The Morgan fingerprint density at radius 2 is 2.05 bits per heavy atom. The third-order valence-corrected chi connectivity index (χ3v) is 6.21. The molecule has 1 amide bonds. The quantitative estimate of drug-likeness (QED) is 0.772. The Morgan fingerprint density at radius 1 is 1.40 bits per heavy atom. The largest absolute Gasteiger partial charge is 0.339 e. The van der Waals surface area contributed by atoms with Gasteiger partial charge in [-0.25, -0.2) is 13.1 Å². The van der Waals surface area contributed by atoms with Gasteiger partial charge in [0.15, 0.2) is 0 Å². The van der Waals surface area contributed by atoms with Gasteiger partial charge in [0, 0.05) is 26.2 Å². The molecule has 0 radical (unpaired) electrons. The lowest BCUT2D eigenvalue weighted by molar-refractivity contribution is -0.130. The summed E-state index contributed by atoms with van der Waals surface area (Å²) in [5.41, 5.74) is 0. The molecule has 0 bridgehead atoms. The van der Waals surface area contributed by atoms with Crippen molar-refractivity contribution in [2.75, 3.05) is 32.7 Å². The van der Waals surface area contributed by atoms with Crippen molar-refractivity contribution in [3.05, 3.63) is 15.9 Å². The second kappa shape index (κ2) is 7.71. The van der Waals surface area contributed by atoms with Crippen LogP contribution < -0.4 is 10.0 Å². The normalized spacial score (nSPS) is 15.8. The average Bonchev–Trinajstić information content (AvgIpc) is 2.85. The van der Waals surface area contributed by atoms with Gasteiger partial charge < -0.3 is 10.2 Å². The Labute approximate surface area is 136 Å². The van der Waals surface area contributed by atoms with Crippen LogP contribution in [-0.2, 0) is 14.8 Å². The zero-order valence-corrected chi connectivity index (χ0v) is 14.5. The molecule has 0 aromatic carbocycles. The van der Waals surface area contributed by atoms with Crippen molar-refractivity contribution >= 4 is 55.6 Å². The van der Waals surface area contributed by atoms with E-state index in [1.165, 1.54) is 6.07 Å². The van der Waals surface area contributed by atoms with Crippen LogP contribution in [0.15, 0.2) is 20.1 Å². The van der Waals surface area contributed by atoms with Crippen LogP contribution in [0.1, 0.15) is 0 Å². The first kappa shape index (κ1) is 17.9. The number of piperazine rings is 1. The second-order valence-electron chi connectivity index (χ2n) is 4.01. The number of carbonyl (C=O) groups excluding carboxylic acids is 1. The van der Waals surface area contributed by atoms with Crippen LogP contribution in [0.25, 0.3) is 0 Å². The van der Waals surface area contributed by atoms with E-state index in [1.54, 1.807) is 11.0 Å². The maximum Gasteiger partial charge on any atom is 0.250 e. The molecule has 0 aliphatic carbocycles. The molecule has 2 heterocycles. The van der Waals surface area contributed by atoms with Crippen LogP contribution in [0, 0.1) is 0 Å². The molecule has 1 saturated heterocycles. The van der Waals surface area contributed by atoms with Crippen LogP contribution in [-0.4, -0.2) is 51.9 Å². The minimum absolute atomic E-state index is 0. The molecule has 1 fully saturated rings. The van der Waals surface area contributed by atoms with Gasteiger partial charge in [-0.1, -0.05) is 0 Å². The maximum absolute atomic E-state index is 11.9. The number of rotatable bonds is 4. The first-order chi connectivity index (χ1) is 8.99. The van der Waals surface area contributed by atoms with E-state index in [2.05, 4.69) is 26.0 Å². The predicted octanol–water partition coefficient (Wildman–Crippen LogP) is 0.642. The molecule has 6 nitrogen and oxygen atoms in total. The molecule has 2 rings (SSSR count). The van der Waals surface area contributed by atoms with Crippen LogP contribution in [0.3, 0.4) is 0 Å². The number of amides is 1. The van der Waals surface area contributed by atoms with Crippen LogP contribution in [0.5, 0.6) is 0 Å². The van der Waals surface area contributed by atoms with Crippen LogP contribution in [0.4, 0.5) is 0 Å². The molecule has 10 heteroatoms. The molecule has 114 valence electrons. The Balaban J connectivity index is 0.00000200. The number of hydrogen-bond donors (Lipinski definition) is 2. The average molecular weight is 405 g/mol. The highest BCUT2D eigenvalue weighted by Gasteiger charge is 2.21. The van der Waals surface area contributed by atoms with E-state index in [0.29, 0.717) is 13.1 Å². The minimum Gasteiger partial charge on any atom is -0.339 e. The van der Waals surface area contributed by atoms with Gasteiger partial charge in [0.25, 0.3) is 10.0 Å². The summed E-state index contributed by atoms with van der Waals surface area (Å²) in [5, 5.41) is 3.13. The van der Waals surface area contributed by atoms with Crippen molar-refractivity contribution in [1.29, 1.82) is 0 Å². The van der Waals surface area contributed by atoms with E-state index in [-0.39, 0.29) is 29.1 Å². The SMILES string of the molecule is Cl.O=C(CNS(=O)(=O)c1ccc(Br)s1)N1CCNCC1. The Morgan fingerprint density at radius 3 is 2.60 bits per heavy atom. The third-order valence-electron chi connectivity index (χ3n) is 2.70. The maximum atomic E-state index is 11.9. The van der Waals surface area contributed by atoms with Gasteiger partial charge in [0.1, 0.15) is 4.21 Å². The van der Waals surface area contributed by atoms with E-state index in [9.17, 15) is 13.2 Å². The fraction of sp³-hybridized carbons (Fsp3) is 0.500. The van der Waals surface area contributed by atoms with Gasteiger partial charge in [-0.2, -0.15) is 0 Å². The van der Waals surface area contributed by atoms with E-state index in [4.69, 9.17) is 0 Å². The van der Waals surface area contributed by atoms with Crippen molar-refractivity contribution in [2.24, 2.45) is 0 Å². The molecule has 2 N–H and O–H groups in total. The smallest absolute Gasteiger partial charge is 0.250 e. The van der Waals surface area contributed by atoms with Crippen LogP contribution in [0.2, 0.25) is 0 Å². The number of carbonyl (C=O) groups is 1. The lowest BCUT2D eigenvalue weighted by atomic mass is 10.3. The fourth-order valence-electron chi connectivity index (χ4n) is 1.70. The molecule has 1 aromatic rings. The van der Waals surface area contributed by atoms with E-state index in [0.717, 1.165) is 28.2 Å². The summed E-state index contributed by atoms with van der Waals surface area (Å²) in [6, 6.07) is 3.17. The number of hydrogen-bond acceptors (Lipinski definition) is 5. The van der Waals surface area contributed by atoms with Crippen molar-refractivity contribution in [2.45, 2.75) is 4.21 Å². The van der Waals surface area contributed by atoms with Gasteiger partial charge in [-0.3, -0.25) is 4.79 Å². The topological polar surface area (TPSA) is 78.5 Å². The fourth-order valence-corrected chi connectivity index (χ4v) is 4.73. The van der Waals surface area contributed by atoms with Gasteiger partial charge in [0.2, 0.25) is 5.91 Å². The number of halogens is 2.